The van der Waals surface area contributed by atoms with Crippen LogP contribution in [-0.2, 0) is 0 Å². The first-order valence-electron chi connectivity index (χ1n) is 6.28. The maximum atomic E-state index is 12.2. The minimum atomic E-state index is -0.127. The molecule has 1 aromatic heterocycles. The second-order valence-corrected chi connectivity index (χ2v) is 4.31. The number of nitrogens with one attached hydrogen (secondary N) is 1. The van der Waals surface area contributed by atoms with Gasteiger partial charge in [0.05, 0.1) is 17.7 Å². The van der Waals surface area contributed by atoms with E-state index in [0.717, 1.165) is 11.4 Å². The zero-order valence-electron chi connectivity index (χ0n) is 10.7. The van der Waals surface area contributed by atoms with E-state index in [1.807, 2.05) is 53.2 Å². The highest BCUT2D eigenvalue weighted by Crippen LogP contribution is 2.20. The molecule has 1 heterocycles. The summed E-state index contributed by atoms with van der Waals surface area (Å²) >= 11 is 0. The zero-order valence-corrected chi connectivity index (χ0v) is 10.7. The Morgan fingerprint density at radius 1 is 1.00 bits per heavy atom. The van der Waals surface area contributed by atoms with Gasteiger partial charge in [-0.25, -0.2) is 4.98 Å². The summed E-state index contributed by atoms with van der Waals surface area (Å²) in [5, 5.41) is 2.93. The molecule has 4 nitrogen and oxygen atoms in total. The second kappa shape index (κ2) is 5.40. The standard InChI is InChI=1S/C16H13N3O/c20-16(13-6-2-1-3-7-13)18-14-8-4-5-9-15(14)19-11-10-17-12-19/h1-12H,(H,18,20). The smallest absolute Gasteiger partial charge is 0.255 e. The summed E-state index contributed by atoms with van der Waals surface area (Å²) in [7, 11) is 0. The van der Waals surface area contributed by atoms with Gasteiger partial charge < -0.3 is 9.88 Å². The molecule has 20 heavy (non-hydrogen) atoms. The number of rotatable bonds is 3. The van der Waals surface area contributed by atoms with Gasteiger partial charge in [0, 0.05) is 18.0 Å². The summed E-state index contributed by atoms with van der Waals surface area (Å²) in [6.45, 7) is 0. The fourth-order valence-electron chi connectivity index (χ4n) is 1.99. The fourth-order valence-corrected chi connectivity index (χ4v) is 1.99. The zero-order chi connectivity index (χ0) is 13.8. The summed E-state index contributed by atoms with van der Waals surface area (Å²) in [6.07, 6.45) is 5.25. The number of benzene rings is 2. The SMILES string of the molecule is O=C(Nc1ccccc1-n1ccnc1)c1ccccc1. The van der Waals surface area contributed by atoms with Crippen molar-refractivity contribution >= 4 is 11.6 Å². The number of hydrogen-bond donors (Lipinski definition) is 1. The molecule has 0 fully saturated rings. The predicted octanol–water partition coefficient (Wildman–Crippen LogP) is 3.12. The molecular formula is C16H13N3O. The van der Waals surface area contributed by atoms with Crippen molar-refractivity contribution in [1.29, 1.82) is 0 Å². The molecule has 1 N–H and O–H groups in total. The minimum absolute atomic E-state index is 0.127. The van der Waals surface area contributed by atoms with Gasteiger partial charge in [-0.05, 0) is 24.3 Å². The third kappa shape index (κ3) is 2.44. The topological polar surface area (TPSA) is 46.9 Å². The lowest BCUT2D eigenvalue weighted by Gasteiger charge is -2.11. The van der Waals surface area contributed by atoms with E-state index in [1.54, 1.807) is 24.7 Å². The van der Waals surface area contributed by atoms with Gasteiger partial charge in [0.1, 0.15) is 0 Å². The van der Waals surface area contributed by atoms with Crippen LogP contribution >= 0.6 is 0 Å². The van der Waals surface area contributed by atoms with Crippen LogP contribution in [-0.4, -0.2) is 15.5 Å². The van der Waals surface area contributed by atoms with E-state index in [1.165, 1.54) is 0 Å². The molecule has 0 aliphatic carbocycles. The van der Waals surface area contributed by atoms with Gasteiger partial charge in [-0.2, -0.15) is 0 Å². The summed E-state index contributed by atoms with van der Waals surface area (Å²) in [5.74, 6) is -0.127. The minimum Gasteiger partial charge on any atom is -0.320 e. The number of amides is 1. The van der Waals surface area contributed by atoms with Gasteiger partial charge in [-0.3, -0.25) is 4.79 Å². The second-order valence-electron chi connectivity index (χ2n) is 4.31. The third-order valence-electron chi connectivity index (χ3n) is 2.97. The number of aromatic nitrogens is 2. The summed E-state index contributed by atoms with van der Waals surface area (Å²) in [4.78, 5) is 16.2. The van der Waals surface area contributed by atoms with Gasteiger partial charge in [0.2, 0.25) is 0 Å². The monoisotopic (exact) mass is 263 g/mol. The van der Waals surface area contributed by atoms with Crippen LogP contribution in [0.4, 0.5) is 5.69 Å². The van der Waals surface area contributed by atoms with Crippen molar-refractivity contribution in [2.24, 2.45) is 0 Å². The van der Waals surface area contributed by atoms with Crippen LogP contribution in [0.3, 0.4) is 0 Å². The van der Waals surface area contributed by atoms with Crippen molar-refractivity contribution < 1.29 is 4.79 Å². The van der Waals surface area contributed by atoms with Crippen molar-refractivity contribution in [1.82, 2.24) is 9.55 Å². The number of hydrogen-bond acceptors (Lipinski definition) is 2. The molecule has 0 spiro atoms. The Bertz CT molecular complexity index is 706. The molecule has 0 saturated carbocycles. The molecular weight excluding hydrogens is 250 g/mol. The lowest BCUT2D eigenvalue weighted by molar-refractivity contribution is 0.102. The van der Waals surface area contributed by atoms with Crippen molar-refractivity contribution in [2.75, 3.05) is 5.32 Å². The molecule has 0 unspecified atom stereocenters. The van der Waals surface area contributed by atoms with Gasteiger partial charge in [-0.15, -0.1) is 0 Å². The van der Waals surface area contributed by atoms with Crippen LogP contribution in [0.2, 0.25) is 0 Å². The van der Waals surface area contributed by atoms with E-state index in [2.05, 4.69) is 10.3 Å². The van der Waals surface area contributed by atoms with Crippen LogP contribution in [0.5, 0.6) is 0 Å². The van der Waals surface area contributed by atoms with Crippen LogP contribution < -0.4 is 5.32 Å². The van der Waals surface area contributed by atoms with E-state index in [0.29, 0.717) is 5.56 Å². The number of carbonyl (C=O) groups is 1. The van der Waals surface area contributed by atoms with Gasteiger partial charge in [0.15, 0.2) is 0 Å². The Kier molecular flexibility index (Phi) is 3.29. The fraction of sp³-hybridized carbons (Fsp3) is 0. The van der Waals surface area contributed by atoms with Gasteiger partial charge >= 0.3 is 0 Å². The summed E-state index contributed by atoms with van der Waals surface area (Å²) < 4.78 is 1.86. The highest BCUT2D eigenvalue weighted by molar-refractivity contribution is 6.05. The first-order valence-corrected chi connectivity index (χ1v) is 6.28. The molecule has 0 radical (unpaired) electrons. The number of nitrogens with zero attached hydrogens (tertiary/aromatic N) is 2. The largest absolute Gasteiger partial charge is 0.320 e. The number of para-hydroxylation sites is 2. The Balaban J connectivity index is 1.90. The highest BCUT2D eigenvalue weighted by atomic mass is 16.1. The van der Waals surface area contributed by atoms with Gasteiger partial charge in [-0.1, -0.05) is 30.3 Å². The first kappa shape index (κ1) is 12.2. The number of carbonyl (C=O) groups excluding carboxylic acids is 1. The predicted molar refractivity (Wildman–Crippen MR) is 78.0 cm³/mol. The van der Waals surface area contributed by atoms with Crippen LogP contribution in [0, 0.1) is 0 Å². The maximum absolute atomic E-state index is 12.2. The Morgan fingerprint density at radius 2 is 1.75 bits per heavy atom. The molecule has 3 rings (SSSR count). The highest BCUT2D eigenvalue weighted by Gasteiger charge is 2.09. The lowest BCUT2D eigenvalue weighted by Crippen LogP contribution is -2.13. The molecule has 3 aromatic rings. The van der Waals surface area contributed by atoms with E-state index < -0.39 is 0 Å². The molecule has 0 bridgehead atoms. The average molecular weight is 263 g/mol. The number of anilines is 1. The van der Waals surface area contributed by atoms with Crippen LogP contribution in [0.25, 0.3) is 5.69 Å². The molecule has 2 aromatic carbocycles. The molecule has 0 aliphatic rings. The Morgan fingerprint density at radius 3 is 2.50 bits per heavy atom. The van der Waals surface area contributed by atoms with Crippen molar-refractivity contribution in [3.05, 3.63) is 78.9 Å². The number of imidazole rings is 1. The molecule has 98 valence electrons. The Hall–Kier alpha value is -2.88. The summed E-state index contributed by atoms with van der Waals surface area (Å²) in [5.41, 5.74) is 2.27. The molecule has 1 amide bonds. The average Bonchev–Trinajstić information content (AvgIpc) is 3.03. The van der Waals surface area contributed by atoms with Crippen molar-refractivity contribution in [3.8, 4) is 5.69 Å². The van der Waals surface area contributed by atoms with Crippen LogP contribution in [0.1, 0.15) is 10.4 Å². The quantitative estimate of drug-likeness (QED) is 0.789. The van der Waals surface area contributed by atoms with E-state index in [9.17, 15) is 4.79 Å². The van der Waals surface area contributed by atoms with E-state index in [-0.39, 0.29) is 5.91 Å². The molecule has 0 aliphatic heterocycles. The molecule has 0 saturated heterocycles. The van der Waals surface area contributed by atoms with E-state index >= 15 is 0 Å². The lowest BCUT2D eigenvalue weighted by atomic mass is 10.2. The third-order valence-corrected chi connectivity index (χ3v) is 2.97. The van der Waals surface area contributed by atoms with Crippen LogP contribution in [0.15, 0.2) is 73.3 Å². The summed E-state index contributed by atoms with van der Waals surface area (Å²) in [6, 6.07) is 16.8. The molecule has 0 atom stereocenters. The van der Waals surface area contributed by atoms with Crippen molar-refractivity contribution in [2.45, 2.75) is 0 Å². The van der Waals surface area contributed by atoms with Crippen molar-refractivity contribution in [3.63, 3.8) is 0 Å². The first-order chi connectivity index (χ1) is 9.84. The normalized spacial score (nSPS) is 10.2. The van der Waals surface area contributed by atoms with Gasteiger partial charge in [0.25, 0.3) is 5.91 Å². The maximum Gasteiger partial charge on any atom is 0.255 e. The molecule has 4 heteroatoms. The van der Waals surface area contributed by atoms with E-state index in [4.69, 9.17) is 0 Å². The Labute approximate surface area is 116 Å².